The Morgan fingerprint density at radius 2 is 1.90 bits per heavy atom. The summed E-state index contributed by atoms with van der Waals surface area (Å²) in [6.07, 6.45) is 0. The number of hydrogen-bond donors (Lipinski definition) is 1. The van der Waals surface area contributed by atoms with Crippen LogP contribution in [0.4, 0.5) is 20.2 Å². The maximum Gasteiger partial charge on any atom is 0.246 e. The lowest BCUT2D eigenvalue weighted by atomic mass is 10.1. The van der Waals surface area contributed by atoms with Crippen molar-refractivity contribution in [3.05, 3.63) is 58.6 Å². The van der Waals surface area contributed by atoms with Crippen LogP contribution in [-0.4, -0.2) is 12.5 Å². The molecule has 1 aliphatic heterocycles. The largest absolute Gasteiger partial charge is 0.374 e. The molecule has 0 unspecified atom stereocenters. The Balaban J connectivity index is 2.01. The zero-order valence-corrected chi connectivity index (χ0v) is 11.6. The van der Waals surface area contributed by atoms with Crippen LogP contribution in [-0.2, 0) is 11.3 Å². The summed E-state index contributed by atoms with van der Waals surface area (Å²) in [5, 5.41) is 3.30. The molecular weight excluding hydrogens is 298 g/mol. The third kappa shape index (κ3) is 2.56. The van der Waals surface area contributed by atoms with Crippen molar-refractivity contribution in [2.24, 2.45) is 0 Å². The fourth-order valence-corrected chi connectivity index (χ4v) is 2.47. The summed E-state index contributed by atoms with van der Waals surface area (Å²) in [4.78, 5) is 13.5. The highest BCUT2D eigenvalue weighted by Gasteiger charge is 2.26. The summed E-state index contributed by atoms with van der Waals surface area (Å²) in [5.74, 6) is -2.17. The number of nitrogens with zero attached hydrogens (tertiary/aromatic N) is 1. The van der Waals surface area contributed by atoms with Gasteiger partial charge in [-0.15, -0.1) is 0 Å². The fraction of sp³-hybridized carbons (Fsp3) is 0.133. The molecule has 0 atom stereocenters. The number of anilines is 2. The Labute approximate surface area is 125 Å². The van der Waals surface area contributed by atoms with Gasteiger partial charge < -0.3 is 10.2 Å². The van der Waals surface area contributed by atoms with Crippen molar-refractivity contribution in [1.29, 1.82) is 0 Å². The third-order valence-electron chi connectivity index (χ3n) is 3.35. The number of halogens is 3. The lowest BCUT2D eigenvalue weighted by Gasteiger charge is -2.30. The molecule has 1 aliphatic rings. The number of nitrogens with one attached hydrogen (secondary N) is 1. The molecule has 1 heterocycles. The monoisotopic (exact) mass is 308 g/mol. The van der Waals surface area contributed by atoms with Crippen molar-refractivity contribution in [2.75, 3.05) is 16.8 Å². The summed E-state index contributed by atoms with van der Waals surface area (Å²) >= 11 is 6.09. The highest BCUT2D eigenvalue weighted by molar-refractivity contribution is 6.31. The van der Waals surface area contributed by atoms with E-state index in [0.29, 0.717) is 16.4 Å². The first-order valence-corrected chi connectivity index (χ1v) is 6.71. The summed E-state index contributed by atoms with van der Waals surface area (Å²) in [6, 6.07) is 9.17. The van der Waals surface area contributed by atoms with Crippen LogP contribution in [0.2, 0.25) is 5.02 Å². The SMILES string of the molecule is O=C1CNc2cc(F)c(F)cc2N1Cc1ccccc1Cl. The molecule has 6 heteroatoms. The van der Waals surface area contributed by atoms with Crippen molar-refractivity contribution in [1.82, 2.24) is 0 Å². The molecule has 3 nitrogen and oxygen atoms in total. The first-order chi connectivity index (χ1) is 10.1. The number of hydrogen-bond acceptors (Lipinski definition) is 2. The van der Waals surface area contributed by atoms with Crippen LogP contribution in [0.25, 0.3) is 0 Å². The van der Waals surface area contributed by atoms with Gasteiger partial charge >= 0.3 is 0 Å². The molecule has 0 aromatic heterocycles. The average Bonchev–Trinajstić information content (AvgIpc) is 2.46. The summed E-state index contributed by atoms with van der Waals surface area (Å²) in [5.41, 5.74) is 1.44. The van der Waals surface area contributed by atoms with E-state index in [-0.39, 0.29) is 19.0 Å². The van der Waals surface area contributed by atoms with Gasteiger partial charge in [0.05, 0.1) is 24.5 Å². The summed E-state index contributed by atoms with van der Waals surface area (Å²) < 4.78 is 26.7. The molecule has 0 aliphatic carbocycles. The Morgan fingerprint density at radius 1 is 1.19 bits per heavy atom. The highest BCUT2D eigenvalue weighted by Crippen LogP contribution is 2.33. The predicted molar refractivity (Wildman–Crippen MR) is 77.5 cm³/mol. The lowest BCUT2D eigenvalue weighted by molar-refractivity contribution is -0.117. The maximum absolute atomic E-state index is 13.5. The second-order valence-corrected chi connectivity index (χ2v) is 5.12. The quantitative estimate of drug-likeness (QED) is 0.920. The van der Waals surface area contributed by atoms with Crippen molar-refractivity contribution in [2.45, 2.75) is 6.54 Å². The van der Waals surface area contributed by atoms with E-state index in [1.54, 1.807) is 24.3 Å². The van der Waals surface area contributed by atoms with Crippen LogP contribution in [0.5, 0.6) is 0 Å². The second kappa shape index (κ2) is 5.33. The Morgan fingerprint density at radius 3 is 2.67 bits per heavy atom. The zero-order valence-electron chi connectivity index (χ0n) is 10.9. The van der Waals surface area contributed by atoms with Crippen LogP contribution < -0.4 is 10.2 Å². The van der Waals surface area contributed by atoms with Gasteiger partial charge in [0.25, 0.3) is 0 Å². The van der Waals surface area contributed by atoms with Crippen molar-refractivity contribution >= 4 is 28.9 Å². The van der Waals surface area contributed by atoms with E-state index in [4.69, 9.17) is 11.6 Å². The van der Waals surface area contributed by atoms with Crippen LogP contribution in [0.3, 0.4) is 0 Å². The highest BCUT2D eigenvalue weighted by atomic mass is 35.5. The number of benzene rings is 2. The van der Waals surface area contributed by atoms with E-state index in [1.807, 2.05) is 0 Å². The molecule has 3 rings (SSSR count). The fourth-order valence-electron chi connectivity index (χ4n) is 2.27. The molecule has 0 radical (unpaired) electrons. The van der Waals surface area contributed by atoms with Gasteiger partial charge in [-0.25, -0.2) is 8.78 Å². The number of rotatable bonds is 2. The van der Waals surface area contributed by atoms with E-state index in [2.05, 4.69) is 5.32 Å². The molecule has 108 valence electrons. The zero-order chi connectivity index (χ0) is 15.0. The molecule has 2 aromatic rings. The summed E-state index contributed by atoms with van der Waals surface area (Å²) in [6.45, 7) is 0.237. The molecular formula is C15H11ClF2N2O. The maximum atomic E-state index is 13.5. The van der Waals surface area contributed by atoms with Gasteiger partial charge in [0.15, 0.2) is 11.6 Å². The predicted octanol–water partition coefficient (Wildman–Crippen LogP) is 3.58. The van der Waals surface area contributed by atoms with Gasteiger partial charge in [0, 0.05) is 17.2 Å². The van der Waals surface area contributed by atoms with Gasteiger partial charge in [0.2, 0.25) is 5.91 Å². The van der Waals surface area contributed by atoms with Crippen molar-refractivity contribution in [3.63, 3.8) is 0 Å². The van der Waals surface area contributed by atoms with Gasteiger partial charge in [-0.05, 0) is 11.6 Å². The minimum Gasteiger partial charge on any atom is -0.374 e. The van der Waals surface area contributed by atoms with Crippen LogP contribution in [0.15, 0.2) is 36.4 Å². The number of amides is 1. The van der Waals surface area contributed by atoms with E-state index >= 15 is 0 Å². The number of fused-ring (bicyclic) bond motifs is 1. The lowest BCUT2D eigenvalue weighted by Crippen LogP contribution is -2.39. The Bertz CT molecular complexity index is 721. The molecule has 2 aromatic carbocycles. The molecule has 0 bridgehead atoms. The number of carbonyl (C=O) groups is 1. The van der Waals surface area contributed by atoms with Crippen LogP contribution in [0.1, 0.15) is 5.56 Å². The Hall–Kier alpha value is -2.14. The van der Waals surface area contributed by atoms with Crippen molar-refractivity contribution < 1.29 is 13.6 Å². The molecule has 0 fully saturated rings. The van der Waals surface area contributed by atoms with Crippen LogP contribution >= 0.6 is 11.6 Å². The van der Waals surface area contributed by atoms with E-state index in [9.17, 15) is 13.6 Å². The molecule has 0 saturated carbocycles. The smallest absolute Gasteiger partial charge is 0.246 e. The first-order valence-electron chi connectivity index (χ1n) is 6.33. The minimum absolute atomic E-state index is 0.0303. The standard InChI is InChI=1S/C15H11ClF2N2O/c16-10-4-2-1-3-9(10)8-20-14-6-12(18)11(17)5-13(14)19-7-15(20)21/h1-6,19H,7-8H2. The van der Waals surface area contributed by atoms with Gasteiger partial charge in [-0.1, -0.05) is 29.8 Å². The topological polar surface area (TPSA) is 32.3 Å². The third-order valence-corrected chi connectivity index (χ3v) is 3.72. The van der Waals surface area contributed by atoms with E-state index < -0.39 is 11.6 Å². The number of carbonyl (C=O) groups excluding carboxylic acids is 1. The average molecular weight is 309 g/mol. The first kappa shape index (κ1) is 13.8. The minimum atomic E-state index is -0.991. The van der Waals surface area contributed by atoms with Gasteiger partial charge in [0.1, 0.15) is 0 Å². The molecule has 21 heavy (non-hydrogen) atoms. The summed E-state index contributed by atoms with van der Waals surface area (Å²) in [7, 11) is 0. The van der Waals surface area contributed by atoms with E-state index in [1.165, 1.54) is 4.90 Å². The molecule has 1 N–H and O–H groups in total. The van der Waals surface area contributed by atoms with E-state index in [0.717, 1.165) is 17.7 Å². The van der Waals surface area contributed by atoms with Gasteiger partial charge in [-0.2, -0.15) is 0 Å². The van der Waals surface area contributed by atoms with Crippen LogP contribution in [0, 0.1) is 11.6 Å². The second-order valence-electron chi connectivity index (χ2n) is 4.71. The molecule has 0 saturated heterocycles. The van der Waals surface area contributed by atoms with Crippen molar-refractivity contribution in [3.8, 4) is 0 Å². The molecule has 1 amide bonds. The Kier molecular flexibility index (Phi) is 3.51. The van der Waals surface area contributed by atoms with Gasteiger partial charge in [-0.3, -0.25) is 4.79 Å². The molecule has 0 spiro atoms. The normalized spacial score (nSPS) is 13.9.